The van der Waals surface area contributed by atoms with Crippen LogP contribution in [0.15, 0.2) is 36.4 Å². The molecule has 2 heterocycles. The largest absolute Gasteiger partial charge is 0.495 e. The number of piperazine rings is 1. The number of nitrogens with one attached hydrogen (secondary N) is 1. The molecule has 2 amide bonds. The first-order valence-electron chi connectivity index (χ1n) is 9.58. The van der Waals surface area contributed by atoms with Crippen LogP contribution >= 0.6 is 11.6 Å². The van der Waals surface area contributed by atoms with Crippen LogP contribution in [0.5, 0.6) is 17.2 Å². The lowest BCUT2D eigenvalue weighted by molar-refractivity contribution is -0.144. The fraction of sp³-hybridized carbons (Fsp3) is 0.333. The highest BCUT2D eigenvalue weighted by atomic mass is 35.5. The zero-order valence-corrected chi connectivity index (χ0v) is 17.3. The van der Waals surface area contributed by atoms with E-state index < -0.39 is 11.8 Å². The predicted octanol–water partition coefficient (Wildman–Crippen LogP) is 2.36. The van der Waals surface area contributed by atoms with Crippen LogP contribution in [-0.2, 0) is 16.1 Å². The number of benzene rings is 2. The van der Waals surface area contributed by atoms with Gasteiger partial charge in [-0.1, -0.05) is 17.7 Å². The monoisotopic (exact) mass is 431 g/mol. The lowest BCUT2D eigenvalue weighted by Crippen LogP contribution is -2.51. The Morgan fingerprint density at radius 2 is 1.83 bits per heavy atom. The average molecular weight is 432 g/mol. The van der Waals surface area contributed by atoms with Gasteiger partial charge in [-0.3, -0.25) is 14.5 Å². The Morgan fingerprint density at radius 1 is 1.07 bits per heavy atom. The Morgan fingerprint density at radius 3 is 2.57 bits per heavy atom. The van der Waals surface area contributed by atoms with Gasteiger partial charge < -0.3 is 24.4 Å². The minimum Gasteiger partial charge on any atom is -0.495 e. The summed E-state index contributed by atoms with van der Waals surface area (Å²) in [6.45, 7) is 3.34. The summed E-state index contributed by atoms with van der Waals surface area (Å²) < 4.78 is 15.8. The molecule has 9 heteroatoms. The number of carbonyl (C=O) groups excluding carboxylic acids is 2. The third-order valence-electron chi connectivity index (χ3n) is 5.11. The van der Waals surface area contributed by atoms with E-state index in [4.69, 9.17) is 25.8 Å². The molecule has 0 aliphatic carbocycles. The number of halogens is 1. The average Bonchev–Trinajstić information content (AvgIpc) is 3.22. The van der Waals surface area contributed by atoms with Gasteiger partial charge in [0, 0.05) is 38.4 Å². The van der Waals surface area contributed by atoms with Gasteiger partial charge in [-0.2, -0.15) is 0 Å². The molecular formula is C21H22ClN3O5. The van der Waals surface area contributed by atoms with Gasteiger partial charge in [-0.05, 0) is 35.9 Å². The van der Waals surface area contributed by atoms with Crippen LogP contribution in [0.3, 0.4) is 0 Å². The maximum absolute atomic E-state index is 12.5. The molecule has 0 saturated carbocycles. The summed E-state index contributed by atoms with van der Waals surface area (Å²) in [5.74, 6) is 0.791. The van der Waals surface area contributed by atoms with Gasteiger partial charge in [0.2, 0.25) is 6.79 Å². The zero-order valence-electron chi connectivity index (χ0n) is 16.5. The van der Waals surface area contributed by atoms with Crippen LogP contribution in [0.25, 0.3) is 0 Å². The van der Waals surface area contributed by atoms with Gasteiger partial charge in [0.05, 0.1) is 12.1 Å². The molecule has 1 N–H and O–H groups in total. The highest BCUT2D eigenvalue weighted by Gasteiger charge is 2.26. The van der Waals surface area contributed by atoms with Gasteiger partial charge in [0.25, 0.3) is 0 Å². The summed E-state index contributed by atoms with van der Waals surface area (Å²) in [4.78, 5) is 28.7. The minimum atomic E-state index is -0.680. The second kappa shape index (κ2) is 8.81. The first kappa shape index (κ1) is 20.3. The van der Waals surface area contributed by atoms with Crippen molar-refractivity contribution in [1.82, 2.24) is 9.80 Å². The standard InChI is InChI=1S/C21H22ClN3O5/c1-28-17-5-3-15(11-16(17)22)23-20(26)21(27)25-8-6-24(7-9-25)12-14-2-4-18-19(10-14)30-13-29-18/h2-5,10-11H,6-9,12-13H2,1H3,(H,23,26). The fourth-order valence-electron chi connectivity index (χ4n) is 3.48. The summed E-state index contributed by atoms with van der Waals surface area (Å²) in [6.07, 6.45) is 0. The Labute approximate surface area is 179 Å². The van der Waals surface area contributed by atoms with Crippen molar-refractivity contribution in [1.29, 1.82) is 0 Å². The molecule has 0 radical (unpaired) electrons. The molecule has 2 aliphatic heterocycles. The molecule has 1 fully saturated rings. The van der Waals surface area contributed by atoms with E-state index in [1.165, 1.54) is 7.11 Å². The van der Waals surface area contributed by atoms with Gasteiger partial charge in [-0.25, -0.2) is 0 Å². The Bertz CT molecular complexity index is 960. The molecular weight excluding hydrogens is 410 g/mol. The molecule has 0 aromatic heterocycles. The van der Waals surface area contributed by atoms with Crippen molar-refractivity contribution in [3.8, 4) is 17.2 Å². The second-order valence-electron chi connectivity index (χ2n) is 7.06. The van der Waals surface area contributed by atoms with Crippen molar-refractivity contribution in [2.75, 3.05) is 45.4 Å². The fourth-order valence-corrected chi connectivity index (χ4v) is 3.74. The molecule has 0 unspecified atom stereocenters. The van der Waals surface area contributed by atoms with E-state index >= 15 is 0 Å². The van der Waals surface area contributed by atoms with E-state index in [1.54, 1.807) is 23.1 Å². The number of amides is 2. The van der Waals surface area contributed by atoms with Crippen molar-refractivity contribution >= 4 is 29.1 Å². The summed E-state index contributed by atoms with van der Waals surface area (Å²) in [5.41, 5.74) is 1.56. The van der Waals surface area contributed by atoms with Crippen molar-refractivity contribution in [2.45, 2.75) is 6.54 Å². The van der Waals surface area contributed by atoms with Gasteiger partial charge >= 0.3 is 11.8 Å². The predicted molar refractivity (Wildman–Crippen MR) is 111 cm³/mol. The Hall–Kier alpha value is -2.97. The van der Waals surface area contributed by atoms with Crippen molar-refractivity contribution in [3.63, 3.8) is 0 Å². The van der Waals surface area contributed by atoms with Crippen LogP contribution in [0, 0.1) is 0 Å². The third kappa shape index (κ3) is 4.44. The van der Waals surface area contributed by atoms with E-state index in [2.05, 4.69) is 10.2 Å². The maximum Gasteiger partial charge on any atom is 0.313 e. The number of ether oxygens (including phenoxy) is 3. The summed E-state index contributed by atoms with van der Waals surface area (Å²) >= 11 is 6.06. The minimum absolute atomic E-state index is 0.254. The van der Waals surface area contributed by atoms with E-state index in [0.717, 1.165) is 23.6 Å². The number of carbonyl (C=O) groups is 2. The molecule has 2 aromatic rings. The molecule has 30 heavy (non-hydrogen) atoms. The number of rotatable bonds is 4. The van der Waals surface area contributed by atoms with E-state index in [1.807, 2.05) is 18.2 Å². The van der Waals surface area contributed by atoms with E-state index in [9.17, 15) is 9.59 Å². The lowest BCUT2D eigenvalue weighted by atomic mass is 10.1. The van der Waals surface area contributed by atoms with Crippen LogP contribution < -0.4 is 19.5 Å². The highest BCUT2D eigenvalue weighted by molar-refractivity contribution is 6.39. The molecule has 2 aromatic carbocycles. The Kier molecular flexibility index (Phi) is 5.96. The molecule has 0 spiro atoms. The van der Waals surface area contributed by atoms with Crippen LogP contribution in [0.2, 0.25) is 5.02 Å². The molecule has 8 nitrogen and oxygen atoms in total. The summed E-state index contributed by atoms with van der Waals surface area (Å²) in [5, 5.41) is 2.96. The quantitative estimate of drug-likeness (QED) is 0.748. The number of anilines is 1. The third-order valence-corrected chi connectivity index (χ3v) is 5.40. The molecule has 158 valence electrons. The maximum atomic E-state index is 12.5. The number of nitrogens with zero attached hydrogens (tertiary/aromatic N) is 2. The molecule has 0 atom stereocenters. The lowest BCUT2D eigenvalue weighted by Gasteiger charge is -2.34. The molecule has 4 rings (SSSR count). The van der Waals surface area contributed by atoms with Crippen LogP contribution in [-0.4, -0.2) is 61.7 Å². The smallest absolute Gasteiger partial charge is 0.313 e. The highest BCUT2D eigenvalue weighted by Crippen LogP contribution is 2.33. The number of hydrogen-bond donors (Lipinski definition) is 1. The van der Waals surface area contributed by atoms with E-state index in [0.29, 0.717) is 42.6 Å². The summed E-state index contributed by atoms with van der Waals surface area (Å²) in [7, 11) is 1.51. The first-order chi connectivity index (χ1) is 14.5. The number of fused-ring (bicyclic) bond motifs is 1. The first-order valence-corrected chi connectivity index (χ1v) is 9.96. The van der Waals surface area contributed by atoms with Crippen LogP contribution in [0.1, 0.15) is 5.56 Å². The Balaban J connectivity index is 1.28. The number of hydrogen-bond acceptors (Lipinski definition) is 6. The zero-order chi connectivity index (χ0) is 21.1. The topological polar surface area (TPSA) is 80.3 Å². The molecule has 1 saturated heterocycles. The summed E-state index contributed by atoms with van der Waals surface area (Å²) in [6, 6.07) is 10.7. The molecule has 0 bridgehead atoms. The SMILES string of the molecule is COc1ccc(NC(=O)C(=O)N2CCN(Cc3ccc4c(c3)OCO4)CC2)cc1Cl. The normalized spacial score (nSPS) is 15.7. The van der Waals surface area contributed by atoms with Gasteiger partial charge in [0.15, 0.2) is 11.5 Å². The van der Waals surface area contributed by atoms with Crippen molar-refractivity contribution < 1.29 is 23.8 Å². The molecule has 2 aliphatic rings. The van der Waals surface area contributed by atoms with Crippen LogP contribution in [0.4, 0.5) is 5.69 Å². The number of methoxy groups -OCH3 is 1. The van der Waals surface area contributed by atoms with Gasteiger partial charge in [-0.15, -0.1) is 0 Å². The van der Waals surface area contributed by atoms with E-state index in [-0.39, 0.29) is 6.79 Å². The van der Waals surface area contributed by atoms with Gasteiger partial charge in [0.1, 0.15) is 5.75 Å². The second-order valence-corrected chi connectivity index (χ2v) is 7.47. The van der Waals surface area contributed by atoms with Crippen molar-refractivity contribution in [2.24, 2.45) is 0 Å². The van der Waals surface area contributed by atoms with Crippen molar-refractivity contribution in [3.05, 3.63) is 47.0 Å².